The third-order valence-electron chi connectivity index (χ3n) is 2.96. The maximum Gasteiger partial charge on any atom is 0.260 e. The van der Waals surface area contributed by atoms with Crippen LogP contribution in [0.15, 0.2) is 34.4 Å². The van der Waals surface area contributed by atoms with Crippen molar-refractivity contribution in [3.8, 4) is 16.9 Å². The topological polar surface area (TPSA) is 55.0 Å². The van der Waals surface area contributed by atoms with Gasteiger partial charge in [-0.1, -0.05) is 12.1 Å². The molecular weight excluding hydrogens is 260 g/mol. The van der Waals surface area contributed by atoms with Crippen LogP contribution in [0.3, 0.4) is 0 Å². The minimum absolute atomic E-state index is 0.0884. The molecule has 1 N–H and O–H groups in total. The van der Waals surface area contributed by atoms with Crippen molar-refractivity contribution >= 4 is 21.6 Å². The number of fused-ring (bicyclic) bond motifs is 1. The highest BCUT2D eigenvalue weighted by Crippen LogP contribution is 2.31. The minimum atomic E-state index is -0.0884. The largest absolute Gasteiger partial charge is 0.497 e. The Balaban J connectivity index is 2.22. The van der Waals surface area contributed by atoms with Gasteiger partial charge in [0.2, 0.25) is 0 Å². The smallest absolute Gasteiger partial charge is 0.260 e. The summed E-state index contributed by atoms with van der Waals surface area (Å²) in [5.74, 6) is 1.44. The van der Waals surface area contributed by atoms with E-state index in [1.807, 2.05) is 29.6 Å². The monoisotopic (exact) mass is 272 g/mol. The normalized spacial score (nSPS) is 10.8. The number of rotatable bonds is 2. The van der Waals surface area contributed by atoms with E-state index >= 15 is 0 Å². The van der Waals surface area contributed by atoms with E-state index in [0.29, 0.717) is 11.2 Å². The third-order valence-corrected chi connectivity index (χ3v) is 3.84. The van der Waals surface area contributed by atoms with Gasteiger partial charge in [-0.2, -0.15) is 0 Å². The summed E-state index contributed by atoms with van der Waals surface area (Å²) in [6.45, 7) is 1.79. The summed E-state index contributed by atoms with van der Waals surface area (Å²) in [6, 6.07) is 7.66. The van der Waals surface area contributed by atoms with Crippen molar-refractivity contribution in [2.45, 2.75) is 6.92 Å². The molecule has 1 aromatic carbocycles. The zero-order valence-corrected chi connectivity index (χ0v) is 11.4. The first-order valence-electron chi connectivity index (χ1n) is 5.81. The van der Waals surface area contributed by atoms with Crippen LogP contribution in [0.25, 0.3) is 21.3 Å². The van der Waals surface area contributed by atoms with Crippen LogP contribution in [0.4, 0.5) is 0 Å². The van der Waals surface area contributed by atoms with Crippen molar-refractivity contribution in [3.63, 3.8) is 0 Å². The van der Waals surface area contributed by atoms with Crippen LogP contribution in [-0.4, -0.2) is 17.1 Å². The van der Waals surface area contributed by atoms with Crippen molar-refractivity contribution in [3.05, 3.63) is 45.8 Å². The molecule has 0 radical (unpaired) electrons. The Morgan fingerprint density at radius 3 is 2.68 bits per heavy atom. The molecule has 0 aliphatic heterocycles. The molecule has 0 unspecified atom stereocenters. The van der Waals surface area contributed by atoms with Crippen LogP contribution < -0.4 is 10.3 Å². The van der Waals surface area contributed by atoms with Gasteiger partial charge in [-0.3, -0.25) is 4.79 Å². The van der Waals surface area contributed by atoms with Gasteiger partial charge in [0.05, 0.1) is 12.5 Å². The van der Waals surface area contributed by atoms with E-state index in [0.717, 1.165) is 21.7 Å². The molecule has 0 atom stereocenters. The molecule has 2 heterocycles. The number of ether oxygens (including phenoxy) is 1. The zero-order chi connectivity index (χ0) is 13.4. The van der Waals surface area contributed by atoms with Crippen LogP contribution in [0, 0.1) is 6.92 Å². The van der Waals surface area contributed by atoms with Crippen molar-refractivity contribution in [1.82, 2.24) is 9.97 Å². The SMILES string of the molecule is COc1ccc(-c2csc3nc(C)[nH]c(=O)c23)cc1. The van der Waals surface area contributed by atoms with Crippen molar-refractivity contribution in [2.24, 2.45) is 0 Å². The lowest BCUT2D eigenvalue weighted by atomic mass is 10.1. The number of hydrogen-bond donors (Lipinski definition) is 1. The Bertz CT molecular complexity index is 787. The molecule has 3 rings (SSSR count). The molecule has 0 saturated carbocycles. The quantitative estimate of drug-likeness (QED) is 0.780. The van der Waals surface area contributed by atoms with Crippen LogP contribution >= 0.6 is 11.3 Å². The second-order valence-electron chi connectivity index (χ2n) is 4.21. The van der Waals surface area contributed by atoms with Gasteiger partial charge in [-0.15, -0.1) is 11.3 Å². The first-order valence-corrected chi connectivity index (χ1v) is 6.69. The van der Waals surface area contributed by atoms with Gasteiger partial charge in [0.1, 0.15) is 16.4 Å². The number of hydrogen-bond acceptors (Lipinski definition) is 4. The first-order chi connectivity index (χ1) is 9.19. The van der Waals surface area contributed by atoms with Crippen molar-refractivity contribution < 1.29 is 4.74 Å². The van der Waals surface area contributed by atoms with Gasteiger partial charge in [0, 0.05) is 10.9 Å². The number of aryl methyl sites for hydroxylation is 1. The number of aromatic amines is 1. The van der Waals surface area contributed by atoms with E-state index in [-0.39, 0.29) is 5.56 Å². The third kappa shape index (κ3) is 2.02. The Hall–Kier alpha value is -2.14. The summed E-state index contributed by atoms with van der Waals surface area (Å²) in [5.41, 5.74) is 1.81. The van der Waals surface area contributed by atoms with Crippen LogP contribution in [0.1, 0.15) is 5.82 Å². The Kier molecular flexibility index (Phi) is 2.83. The molecule has 0 fully saturated rings. The predicted molar refractivity (Wildman–Crippen MR) is 77.0 cm³/mol. The maximum atomic E-state index is 12.1. The number of aromatic nitrogens is 2. The van der Waals surface area contributed by atoms with Gasteiger partial charge in [-0.05, 0) is 24.6 Å². The van der Waals surface area contributed by atoms with Gasteiger partial charge in [0.15, 0.2) is 0 Å². The summed E-state index contributed by atoms with van der Waals surface area (Å²) >= 11 is 1.48. The van der Waals surface area contributed by atoms with Gasteiger partial charge >= 0.3 is 0 Å². The summed E-state index contributed by atoms with van der Waals surface area (Å²) in [7, 11) is 1.63. The van der Waals surface area contributed by atoms with Crippen molar-refractivity contribution in [2.75, 3.05) is 7.11 Å². The fourth-order valence-corrected chi connectivity index (χ4v) is 3.03. The van der Waals surface area contributed by atoms with E-state index in [1.54, 1.807) is 14.0 Å². The molecule has 4 nitrogen and oxygen atoms in total. The van der Waals surface area contributed by atoms with Gasteiger partial charge in [0.25, 0.3) is 5.56 Å². The highest BCUT2D eigenvalue weighted by atomic mass is 32.1. The summed E-state index contributed by atoms with van der Waals surface area (Å²) in [6.07, 6.45) is 0. The van der Waals surface area contributed by atoms with E-state index in [9.17, 15) is 4.79 Å². The molecule has 0 bridgehead atoms. The molecular formula is C14H12N2O2S. The Morgan fingerprint density at radius 2 is 2.00 bits per heavy atom. The molecule has 0 amide bonds. The molecule has 0 saturated heterocycles. The molecule has 2 aromatic heterocycles. The minimum Gasteiger partial charge on any atom is -0.497 e. The van der Waals surface area contributed by atoms with E-state index < -0.39 is 0 Å². The molecule has 3 aromatic rings. The maximum absolute atomic E-state index is 12.1. The zero-order valence-electron chi connectivity index (χ0n) is 10.6. The molecule has 19 heavy (non-hydrogen) atoms. The first kappa shape index (κ1) is 11.9. The predicted octanol–water partition coefficient (Wildman–Crippen LogP) is 2.97. The average molecular weight is 272 g/mol. The van der Waals surface area contributed by atoms with E-state index in [4.69, 9.17) is 4.74 Å². The number of nitrogens with one attached hydrogen (secondary N) is 1. The molecule has 96 valence electrons. The van der Waals surface area contributed by atoms with Crippen LogP contribution in [0.5, 0.6) is 5.75 Å². The standard InChI is InChI=1S/C14H12N2O2S/c1-8-15-13(17)12-11(7-19-14(12)16-8)9-3-5-10(18-2)6-4-9/h3-7H,1-2H3,(H,15,16,17). The molecule has 0 aliphatic carbocycles. The molecule has 0 aliphatic rings. The van der Waals surface area contributed by atoms with Crippen LogP contribution in [0.2, 0.25) is 0 Å². The van der Waals surface area contributed by atoms with Crippen molar-refractivity contribution in [1.29, 1.82) is 0 Å². The summed E-state index contributed by atoms with van der Waals surface area (Å²) in [5, 5.41) is 2.62. The lowest BCUT2D eigenvalue weighted by Gasteiger charge is -2.02. The number of H-pyrrole nitrogens is 1. The van der Waals surface area contributed by atoms with Gasteiger partial charge in [-0.25, -0.2) is 4.98 Å². The number of benzene rings is 1. The average Bonchev–Trinajstić information content (AvgIpc) is 2.83. The highest BCUT2D eigenvalue weighted by Gasteiger charge is 2.11. The summed E-state index contributed by atoms with van der Waals surface area (Å²) < 4.78 is 5.14. The molecule has 0 spiro atoms. The Labute approximate surface area is 113 Å². The Morgan fingerprint density at radius 1 is 1.26 bits per heavy atom. The number of nitrogens with zero attached hydrogens (tertiary/aromatic N) is 1. The van der Waals surface area contributed by atoms with Gasteiger partial charge < -0.3 is 9.72 Å². The summed E-state index contributed by atoms with van der Waals surface area (Å²) in [4.78, 5) is 19.9. The number of methoxy groups -OCH3 is 1. The number of thiophene rings is 1. The lowest BCUT2D eigenvalue weighted by molar-refractivity contribution is 0.415. The highest BCUT2D eigenvalue weighted by molar-refractivity contribution is 7.17. The van der Waals surface area contributed by atoms with E-state index in [2.05, 4.69) is 9.97 Å². The lowest BCUT2D eigenvalue weighted by Crippen LogP contribution is -2.08. The van der Waals surface area contributed by atoms with E-state index in [1.165, 1.54) is 11.3 Å². The second kappa shape index (κ2) is 4.51. The van der Waals surface area contributed by atoms with Crippen LogP contribution in [-0.2, 0) is 0 Å². The molecule has 5 heteroatoms. The second-order valence-corrected chi connectivity index (χ2v) is 5.07. The fraction of sp³-hybridized carbons (Fsp3) is 0.143. The fourth-order valence-electron chi connectivity index (χ4n) is 2.04.